The van der Waals surface area contributed by atoms with E-state index in [1.165, 1.54) is 0 Å². The first-order chi connectivity index (χ1) is 7.66. The highest BCUT2D eigenvalue weighted by molar-refractivity contribution is 9.10. The van der Waals surface area contributed by atoms with Crippen LogP contribution >= 0.6 is 27.5 Å². The Bertz CT molecular complexity index is 519. The van der Waals surface area contributed by atoms with Gasteiger partial charge in [0.2, 0.25) is 5.88 Å². The van der Waals surface area contributed by atoms with Crippen LogP contribution in [0.5, 0.6) is 11.6 Å². The number of benzene rings is 1. The highest BCUT2D eigenvalue weighted by Crippen LogP contribution is 2.33. The minimum atomic E-state index is 0.357. The molecule has 0 radical (unpaired) electrons. The molecule has 0 fully saturated rings. The van der Waals surface area contributed by atoms with E-state index in [4.69, 9.17) is 22.1 Å². The van der Waals surface area contributed by atoms with Crippen molar-refractivity contribution < 1.29 is 4.74 Å². The van der Waals surface area contributed by atoms with Gasteiger partial charge in [-0.15, -0.1) is 0 Å². The smallest absolute Gasteiger partial charge is 0.238 e. The van der Waals surface area contributed by atoms with Gasteiger partial charge in [-0.25, -0.2) is 4.98 Å². The number of nitrogen functional groups attached to an aromatic ring is 1. The quantitative estimate of drug-likeness (QED) is 0.856. The number of hydrogen-bond acceptors (Lipinski definition) is 3. The Kier molecular flexibility index (Phi) is 3.31. The molecule has 0 aliphatic heterocycles. The maximum atomic E-state index is 5.93. The van der Waals surface area contributed by atoms with Crippen molar-refractivity contribution in [1.29, 1.82) is 0 Å². The summed E-state index contributed by atoms with van der Waals surface area (Å²) in [7, 11) is 0. The van der Waals surface area contributed by atoms with Crippen LogP contribution in [-0.2, 0) is 0 Å². The summed E-state index contributed by atoms with van der Waals surface area (Å²) in [6.45, 7) is 0. The fraction of sp³-hybridized carbons (Fsp3) is 0. The van der Waals surface area contributed by atoms with Crippen LogP contribution in [0, 0.1) is 0 Å². The molecule has 1 aromatic carbocycles. The first-order valence-corrected chi connectivity index (χ1v) is 5.67. The topological polar surface area (TPSA) is 48.1 Å². The third-order valence-corrected chi connectivity index (χ3v) is 2.83. The molecule has 1 aromatic heterocycles. The number of anilines is 1. The Morgan fingerprint density at radius 2 is 2.12 bits per heavy atom. The van der Waals surface area contributed by atoms with Crippen molar-refractivity contribution in [2.24, 2.45) is 0 Å². The number of aromatic nitrogens is 1. The highest BCUT2D eigenvalue weighted by atomic mass is 79.9. The van der Waals surface area contributed by atoms with Gasteiger partial charge in [0.15, 0.2) is 0 Å². The third kappa shape index (κ3) is 2.46. The predicted octanol–water partition coefficient (Wildman–Crippen LogP) is 3.87. The van der Waals surface area contributed by atoms with E-state index in [1.54, 1.807) is 30.5 Å². The lowest BCUT2D eigenvalue weighted by Gasteiger charge is -2.08. The molecule has 0 spiro atoms. The normalized spacial score (nSPS) is 10.1. The molecular weight excluding hydrogens is 291 g/mol. The Morgan fingerprint density at radius 1 is 1.31 bits per heavy atom. The molecule has 2 rings (SSSR count). The molecule has 0 aliphatic rings. The van der Waals surface area contributed by atoms with Gasteiger partial charge >= 0.3 is 0 Å². The second kappa shape index (κ2) is 4.72. The van der Waals surface area contributed by atoms with Gasteiger partial charge in [0.05, 0.1) is 4.47 Å². The van der Waals surface area contributed by atoms with Crippen LogP contribution in [0.4, 0.5) is 5.69 Å². The summed E-state index contributed by atoms with van der Waals surface area (Å²) in [4.78, 5) is 4.03. The van der Waals surface area contributed by atoms with Crippen LogP contribution < -0.4 is 10.5 Å². The van der Waals surface area contributed by atoms with Crippen molar-refractivity contribution in [1.82, 2.24) is 4.98 Å². The van der Waals surface area contributed by atoms with Crippen LogP contribution in [0.25, 0.3) is 0 Å². The van der Waals surface area contributed by atoms with Crippen LogP contribution in [-0.4, -0.2) is 4.98 Å². The summed E-state index contributed by atoms with van der Waals surface area (Å²) in [5.74, 6) is 0.941. The lowest BCUT2D eigenvalue weighted by Crippen LogP contribution is -1.91. The summed E-state index contributed by atoms with van der Waals surface area (Å²) >= 11 is 9.29. The van der Waals surface area contributed by atoms with Gasteiger partial charge in [-0.3, -0.25) is 0 Å². The third-order valence-electron chi connectivity index (χ3n) is 1.89. The number of rotatable bonds is 2. The van der Waals surface area contributed by atoms with Gasteiger partial charge in [0.1, 0.15) is 10.8 Å². The van der Waals surface area contributed by atoms with Crippen molar-refractivity contribution in [2.45, 2.75) is 0 Å². The number of pyridine rings is 1. The molecule has 0 atom stereocenters. The summed E-state index contributed by atoms with van der Waals surface area (Å²) < 4.78 is 6.35. The maximum Gasteiger partial charge on any atom is 0.238 e. The minimum absolute atomic E-state index is 0.357. The van der Waals surface area contributed by atoms with Gasteiger partial charge in [0, 0.05) is 18.0 Å². The summed E-state index contributed by atoms with van der Waals surface area (Å²) in [5.41, 5.74) is 6.28. The van der Waals surface area contributed by atoms with Crippen LogP contribution in [0.3, 0.4) is 0 Å². The number of halogens is 2. The van der Waals surface area contributed by atoms with Gasteiger partial charge in [0.25, 0.3) is 0 Å². The Hall–Kier alpha value is -1.26. The predicted molar refractivity (Wildman–Crippen MR) is 67.9 cm³/mol. The molecule has 1 heterocycles. The lowest BCUT2D eigenvalue weighted by atomic mass is 10.3. The van der Waals surface area contributed by atoms with Crippen molar-refractivity contribution in [3.05, 3.63) is 46.0 Å². The Balaban J connectivity index is 2.34. The summed E-state index contributed by atoms with van der Waals surface area (Å²) in [6, 6.07) is 8.74. The monoisotopic (exact) mass is 298 g/mol. The fourth-order valence-corrected chi connectivity index (χ4v) is 1.64. The minimum Gasteiger partial charge on any atom is -0.436 e. The lowest BCUT2D eigenvalue weighted by molar-refractivity contribution is 0.460. The van der Waals surface area contributed by atoms with E-state index in [9.17, 15) is 0 Å². The fourth-order valence-electron chi connectivity index (χ4n) is 1.15. The van der Waals surface area contributed by atoms with Crippen molar-refractivity contribution >= 4 is 33.2 Å². The second-order valence-electron chi connectivity index (χ2n) is 3.08. The van der Waals surface area contributed by atoms with E-state index in [2.05, 4.69) is 20.9 Å². The van der Waals surface area contributed by atoms with Crippen molar-refractivity contribution in [3.63, 3.8) is 0 Å². The number of hydrogen-bond donors (Lipinski definition) is 1. The molecule has 0 saturated carbocycles. The van der Waals surface area contributed by atoms with E-state index < -0.39 is 0 Å². The summed E-state index contributed by atoms with van der Waals surface area (Å²) in [5, 5.41) is 0.455. The van der Waals surface area contributed by atoms with Crippen molar-refractivity contribution in [2.75, 3.05) is 5.73 Å². The molecule has 82 valence electrons. The average Bonchev–Trinajstić information content (AvgIpc) is 2.27. The highest BCUT2D eigenvalue weighted by Gasteiger charge is 2.07. The molecule has 0 amide bonds. The van der Waals surface area contributed by atoms with E-state index in [0.717, 1.165) is 4.47 Å². The zero-order chi connectivity index (χ0) is 11.5. The molecule has 0 aliphatic carbocycles. The van der Waals surface area contributed by atoms with E-state index >= 15 is 0 Å². The molecule has 0 unspecified atom stereocenters. The van der Waals surface area contributed by atoms with E-state index in [1.807, 2.05) is 6.07 Å². The van der Waals surface area contributed by atoms with Gasteiger partial charge in [-0.05, 0) is 40.2 Å². The zero-order valence-electron chi connectivity index (χ0n) is 8.15. The first kappa shape index (κ1) is 11.2. The van der Waals surface area contributed by atoms with E-state index in [-0.39, 0.29) is 0 Å². The number of nitrogens with two attached hydrogens (primary N) is 1. The Labute approximate surface area is 106 Å². The van der Waals surface area contributed by atoms with Gasteiger partial charge in [-0.1, -0.05) is 11.6 Å². The molecule has 0 saturated heterocycles. The molecule has 3 nitrogen and oxygen atoms in total. The SMILES string of the molecule is Nc1ccc(Br)c(Oc2ncccc2Cl)c1. The van der Waals surface area contributed by atoms with E-state index in [0.29, 0.717) is 22.3 Å². The van der Waals surface area contributed by atoms with Crippen LogP contribution in [0.2, 0.25) is 5.02 Å². The second-order valence-corrected chi connectivity index (χ2v) is 4.34. The largest absolute Gasteiger partial charge is 0.436 e. The summed E-state index contributed by atoms with van der Waals surface area (Å²) in [6.07, 6.45) is 1.61. The molecule has 2 aromatic rings. The van der Waals surface area contributed by atoms with Crippen LogP contribution in [0.15, 0.2) is 41.0 Å². The maximum absolute atomic E-state index is 5.93. The molecule has 16 heavy (non-hydrogen) atoms. The standard InChI is InChI=1S/C11H8BrClN2O/c12-8-4-3-7(14)6-10(8)16-11-9(13)2-1-5-15-11/h1-6H,14H2. The number of nitrogens with zero attached hydrogens (tertiary/aromatic N) is 1. The molecule has 2 N–H and O–H groups in total. The molecule has 0 bridgehead atoms. The zero-order valence-corrected chi connectivity index (χ0v) is 10.5. The molecular formula is C11H8BrClN2O. The first-order valence-electron chi connectivity index (χ1n) is 4.50. The van der Waals surface area contributed by atoms with Crippen LogP contribution in [0.1, 0.15) is 0 Å². The van der Waals surface area contributed by atoms with Gasteiger partial charge in [-0.2, -0.15) is 0 Å². The average molecular weight is 300 g/mol. The Morgan fingerprint density at radius 3 is 2.88 bits per heavy atom. The van der Waals surface area contributed by atoms with Gasteiger partial charge < -0.3 is 10.5 Å². The molecule has 5 heteroatoms. The number of ether oxygens (including phenoxy) is 1. The van der Waals surface area contributed by atoms with Crippen molar-refractivity contribution in [3.8, 4) is 11.6 Å².